The summed E-state index contributed by atoms with van der Waals surface area (Å²) in [6.07, 6.45) is 1.75. The predicted octanol–water partition coefficient (Wildman–Crippen LogP) is 6.16. The van der Waals surface area contributed by atoms with Gasteiger partial charge in [0.25, 0.3) is 5.91 Å². The summed E-state index contributed by atoms with van der Waals surface area (Å²) < 4.78 is 21.5. The molecule has 4 aromatic rings. The second-order valence-electron chi connectivity index (χ2n) is 9.19. The normalized spacial score (nSPS) is 14.7. The number of hydrogen-bond acceptors (Lipinski definition) is 9. The van der Waals surface area contributed by atoms with Crippen LogP contribution in [-0.4, -0.2) is 47.2 Å². The van der Waals surface area contributed by atoms with E-state index in [0.717, 1.165) is 5.56 Å². The molecular formula is C32H26N2O8S. The molecule has 43 heavy (non-hydrogen) atoms. The van der Waals surface area contributed by atoms with Crippen molar-refractivity contribution in [1.29, 1.82) is 0 Å². The maximum absolute atomic E-state index is 13.6. The van der Waals surface area contributed by atoms with E-state index >= 15 is 0 Å². The molecule has 1 N–H and O–H groups in total. The molecule has 1 saturated heterocycles. The lowest BCUT2D eigenvalue weighted by Gasteiger charge is -2.16. The van der Waals surface area contributed by atoms with Gasteiger partial charge in [0.15, 0.2) is 16.7 Å². The van der Waals surface area contributed by atoms with Crippen LogP contribution in [0.5, 0.6) is 11.5 Å². The van der Waals surface area contributed by atoms with Crippen molar-refractivity contribution in [3.05, 3.63) is 118 Å². The maximum atomic E-state index is 13.6. The first-order valence-electron chi connectivity index (χ1n) is 13.0. The number of hydrogen-bond donors (Lipinski definition) is 1. The van der Waals surface area contributed by atoms with Crippen LogP contribution >= 0.6 is 11.8 Å². The Hall–Kier alpha value is -5.29. The lowest BCUT2D eigenvalue weighted by Crippen LogP contribution is -2.28. The second-order valence-corrected chi connectivity index (χ2v) is 10.2. The van der Waals surface area contributed by atoms with E-state index in [2.05, 4.69) is 4.74 Å². The van der Waals surface area contributed by atoms with Crippen molar-refractivity contribution in [2.24, 2.45) is 4.99 Å². The minimum absolute atomic E-state index is 0.0594. The number of carbonyl (C=O) groups excluding carboxylic acids is 2. The van der Waals surface area contributed by atoms with Crippen LogP contribution in [0.25, 0.3) is 6.08 Å². The summed E-state index contributed by atoms with van der Waals surface area (Å²) in [4.78, 5) is 43.2. The zero-order chi connectivity index (χ0) is 30.3. The number of aromatic carboxylic acids is 1. The Labute approximate surface area is 251 Å². The van der Waals surface area contributed by atoms with E-state index in [0.29, 0.717) is 38.6 Å². The van der Waals surface area contributed by atoms with Crippen LogP contribution in [-0.2, 0) is 22.7 Å². The van der Waals surface area contributed by atoms with E-state index in [4.69, 9.17) is 18.9 Å². The van der Waals surface area contributed by atoms with E-state index in [-0.39, 0.29) is 30.4 Å². The van der Waals surface area contributed by atoms with E-state index in [9.17, 15) is 19.5 Å². The molecule has 1 aromatic heterocycles. The number of carboxylic acid groups (broad SMARTS) is 1. The summed E-state index contributed by atoms with van der Waals surface area (Å²) in [6.45, 7) is 0.277. The van der Waals surface area contributed by atoms with Gasteiger partial charge in [0.2, 0.25) is 5.76 Å². The molecule has 1 aliphatic rings. The van der Waals surface area contributed by atoms with E-state index in [1.165, 1.54) is 44.2 Å². The van der Waals surface area contributed by atoms with Crippen LogP contribution < -0.4 is 9.47 Å². The van der Waals surface area contributed by atoms with Gasteiger partial charge in [-0.3, -0.25) is 9.69 Å². The third kappa shape index (κ3) is 6.96. The summed E-state index contributed by atoms with van der Waals surface area (Å²) in [5, 5.41) is 9.72. The zero-order valence-corrected chi connectivity index (χ0v) is 24.0. The largest absolute Gasteiger partial charge is 0.493 e. The summed E-state index contributed by atoms with van der Waals surface area (Å²) in [7, 11) is 2.79. The van der Waals surface area contributed by atoms with Crippen LogP contribution in [0.15, 0.2) is 99.2 Å². The third-order valence-corrected chi connectivity index (χ3v) is 7.32. The number of thioether (sulfide) groups is 1. The number of amides is 1. The molecule has 0 atom stereocenters. The molecule has 3 aromatic carbocycles. The molecule has 1 fully saturated rings. The number of para-hydroxylation sites is 1. The van der Waals surface area contributed by atoms with Crippen molar-refractivity contribution in [1.82, 2.24) is 4.90 Å². The molecule has 1 amide bonds. The van der Waals surface area contributed by atoms with Crippen molar-refractivity contribution in [3.63, 3.8) is 0 Å². The maximum Gasteiger partial charge on any atom is 0.373 e. The molecule has 0 radical (unpaired) electrons. The molecule has 5 rings (SSSR count). The average Bonchev–Trinajstić information content (AvgIpc) is 3.61. The zero-order valence-electron chi connectivity index (χ0n) is 23.2. The fourth-order valence-corrected chi connectivity index (χ4v) is 5.14. The molecule has 1 aliphatic heterocycles. The SMILES string of the molecule is COC(=O)c1ccc(COc2ccc(/C=C3/SC(=Nc4ccccc4)N(Cc4ccc(C(=O)O)cc4)C3=O)cc2OC)o1. The number of carbonyl (C=O) groups is 3. The highest BCUT2D eigenvalue weighted by molar-refractivity contribution is 8.18. The molecule has 11 heteroatoms. The molecular weight excluding hydrogens is 572 g/mol. The lowest BCUT2D eigenvalue weighted by molar-refractivity contribution is -0.122. The van der Waals surface area contributed by atoms with Crippen LogP contribution in [0.3, 0.4) is 0 Å². The Bertz CT molecular complexity index is 1710. The Kier molecular flexibility index (Phi) is 8.92. The quantitative estimate of drug-likeness (QED) is 0.169. The topological polar surface area (TPSA) is 128 Å². The molecule has 10 nitrogen and oxygen atoms in total. The second kappa shape index (κ2) is 13.1. The smallest absolute Gasteiger partial charge is 0.373 e. The first-order valence-corrected chi connectivity index (χ1v) is 13.8. The number of carboxylic acids is 1. The van der Waals surface area contributed by atoms with Gasteiger partial charge in [-0.25, -0.2) is 14.6 Å². The molecule has 0 spiro atoms. The summed E-state index contributed by atoms with van der Waals surface area (Å²) in [5.74, 6) is -0.425. The number of ether oxygens (including phenoxy) is 3. The van der Waals surface area contributed by atoms with Crippen LogP contribution in [0.1, 0.15) is 37.8 Å². The highest BCUT2D eigenvalue weighted by Crippen LogP contribution is 2.37. The molecule has 0 bridgehead atoms. The van der Waals surface area contributed by atoms with Gasteiger partial charge in [0.05, 0.1) is 36.9 Å². The number of nitrogens with zero attached hydrogens (tertiary/aromatic N) is 2. The van der Waals surface area contributed by atoms with Gasteiger partial charge < -0.3 is 23.7 Å². The monoisotopic (exact) mass is 598 g/mol. The van der Waals surface area contributed by atoms with Crippen molar-refractivity contribution >= 4 is 46.5 Å². The number of esters is 1. The Morgan fingerprint density at radius 3 is 2.44 bits per heavy atom. The van der Waals surface area contributed by atoms with Gasteiger partial charge in [-0.15, -0.1) is 0 Å². The predicted molar refractivity (Wildman–Crippen MR) is 160 cm³/mol. The lowest BCUT2D eigenvalue weighted by atomic mass is 10.1. The Morgan fingerprint density at radius 2 is 1.74 bits per heavy atom. The number of furan rings is 1. The third-order valence-electron chi connectivity index (χ3n) is 6.31. The van der Waals surface area contributed by atoms with Crippen LogP contribution in [0.2, 0.25) is 0 Å². The highest BCUT2D eigenvalue weighted by atomic mass is 32.2. The van der Waals surface area contributed by atoms with Crippen molar-refractivity contribution in [3.8, 4) is 11.5 Å². The number of benzene rings is 3. The molecule has 0 saturated carbocycles. The van der Waals surface area contributed by atoms with Crippen LogP contribution in [0, 0.1) is 0 Å². The number of rotatable bonds is 10. The fraction of sp³-hybridized carbons (Fsp3) is 0.125. The minimum Gasteiger partial charge on any atom is -0.493 e. The van der Waals surface area contributed by atoms with Gasteiger partial charge in [-0.2, -0.15) is 0 Å². The van der Waals surface area contributed by atoms with E-state index in [1.807, 2.05) is 30.3 Å². The van der Waals surface area contributed by atoms with Gasteiger partial charge in [0, 0.05) is 0 Å². The number of methoxy groups -OCH3 is 2. The summed E-state index contributed by atoms with van der Waals surface area (Å²) in [5.41, 5.74) is 2.34. The van der Waals surface area contributed by atoms with Crippen molar-refractivity contribution in [2.45, 2.75) is 13.2 Å². The van der Waals surface area contributed by atoms with E-state index in [1.54, 1.807) is 47.4 Å². The first-order chi connectivity index (χ1) is 20.8. The van der Waals surface area contributed by atoms with Crippen LogP contribution in [0.4, 0.5) is 5.69 Å². The Morgan fingerprint density at radius 1 is 0.977 bits per heavy atom. The number of amidine groups is 1. The minimum atomic E-state index is -1.02. The molecule has 2 heterocycles. The summed E-state index contributed by atoms with van der Waals surface area (Å²) >= 11 is 1.25. The van der Waals surface area contributed by atoms with Gasteiger partial charge in [0.1, 0.15) is 12.4 Å². The van der Waals surface area contributed by atoms with Crippen molar-refractivity contribution in [2.75, 3.05) is 14.2 Å². The highest BCUT2D eigenvalue weighted by Gasteiger charge is 2.33. The standard InChI is InChI=1S/C32H26N2O8S/c1-39-27-16-21(10-14-25(27)41-19-24-13-15-26(42-24)31(38)40-2)17-28-29(35)34(18-20-8-11-22(12-9-20)30(36)37)32(43-28)33-23-6-4-3-5-7-23/h3-17H,18-19H2,1-2H3,(H,36,37)/b28-17+,33-32?. The molecule has 218 valence electrons. The summed E-state index contributed by atoms with van der Waals surface area (Å²) in [6, 6.07) is 24.1. The van der Waals surface area contributed by atoms with Gasteiger partial charge in [-0.1, -0.05) is 36.4 Å². The fourth-order valence-electron chi connectivity index (χ4n) is 4.14. The van der Waals surface area contributed by atoms with Gasteiger partial charge in [-0.05, 0) is 77.5 Å². The van der Waals surface area contributed by atoms with Gasteiger partial charge >= 0.3 is 11.9 Å². The van der Waals surface area contributed by atoms with E-state index < -0.39 is 11.9 Å². The Balaban J connectivity index is 1.37. The van der Waals surface area contributed by atoms with Crippen molar-refractivity contribution < 1.29 is 38.1 Å². The molecule has 0 unspecified atom stereocenters. The average molecular weight is 599 g/mol. The molecule has 0 aliphatic carbocycles. The number of aliphatic imine (C=N–C) groups is 1. The first kappa shape index (κ1) is 29.2.